The minimum Gasteiger partial charge on any atom is -0.456 e. The average Bonchev–Trinajstić information content (AvgIpc) is 3.73. The van der Waals surface area contributed by atoms with Gasteiger partial charge < -0.3 is 4.42 Å². The van der Waals surface area contributed by atoms with Crippen LogP contribution in [0.3, 0.4) is 0 Å². The van der Waals surface area contributed by atoms with E-state index in [0.717, 1.165) is 16.6 Å². The molecule has 0 atom stereocenters. The molecule has 2 heterocycles. The predicted molar refractivity (Wildman–Crippen MR) is 215 cm³/mol. The summed E-state index contributed by atoms with van der Waals surface area (Å²) < 4.78 is 9.06. The molecule has 9 aromatic carbocycles. The minimum absolute atomic E-state index is 0.920. The molecule has 232 valence electrons. The summed E-state index contributed by atoms with van der Waals surface area (Å²) in [6, 6.07) is 61.9. The van der Waals surface area contributed by atoms with Gasteiger partial charge in [0.05, 0.1) is 0 Å². The van der Waals surface area contributed by atoms with Gasteiger partial charge in [0.2, 0.25) is 0 Å². The van der Waals surface area contributed by atoms with E-state index in [0.29, 0.717) is 0 Å². The first kappa shape index (κ1) is 27.7. The lowest BCUT2D eigenvalue weighted by atomic mass is 9.85. The molecule has 0 aliphatic carbocycles. The average molecular weight is 653 g/mol. The summed E-state index contributed by atoms with van der Waals surface area (Å²) in [5.41, 5.74) is 9.23. The highest BCUT2D eigenvalue weighted by Crippen LogP contribution is 2.46. The van der Waals surface area contributed by atoms with Crippen LogP contribution in [0.2, 0.25) is 0 Å². The number of hydrogen-bond donors (Lipinski definition) is 0. The molecule has 0 unspecified atom stereocenters. The second kappa shape index (κ2) is 10.6. The zero-order valence-corrected chi connectivity index (χ0v) is 27.8. The molecule has 2 aromatic heterocycles. The van der Waals surface area contributed by atoms with Gasteiger partial charge in [-0.3, -0.25) is 0 Å². The summed E-state index contributed by atoms with van der Waals surface area (Å²) in [5, 5.41) is 12.6. The quantitative estimate of drug-likeness (QED) is 0.173. The van der Waals surface area contributed by atoms with Crippen molar-refractivity contribution in [2.45, 2.75) is 0 Å². The van der Waals surface area contributed by atoms with Crippen LogP contribution in [-0.2, 0) is 0 Å². The Balaban J connectivity index is 1.12. The van der Waals surface area contributed by atoms with E-state index >= 15 is 0 Å². The Kier molecular flexibility index (Phi) is 5.89. The molecule has 50 heavy (non-hydrogen) atoms. The number of thiophene rings is 1. The van der Waals surface area contributed by atoms with E-state index in [-0.39, 0.29) is 0 Å². The minimum atomic E-state index is 0.920. The van der Waals surface area contributed by atoms with Crippen molar-refractivity contribution in [3.63, 3.8) is 0 Å². The molecule has 2 heteroatoms. The second-order valence-electron chi connectivity index (χ2n) is 13.2. The summed E-state index contributed by atoms with van der Waals surface area (Å²) in [6.07, 6.45) is 0. The number of rotatable bonds is 3. The summed E-state index contributed by atoms with van der Waals surface area (Å²) in [7, 11) is 0. The van der Waals surface area contributed by atoms with Crippen LogP contribution in [0.4, 0.5) is 0 Å². The maximum absolute atomic E-state index is 6.47. The smallest absolute Gasteiger partial charge is 0.136 e. The molecular weight excluding hydrogens is 625 g/mol. The third-order valence-electron chi connectivity index (χ3n) is 10.4. The van der Waals surface area contributed by atoms with E-state index in [2.05, 4.69) is 170 Å². The fourth-order valence-corrected chi connectivity index (χ4v) is 9.45. The molecular formula is C48H28OS. The van der Waals surface area contributed by atoms with Crippen molar-refractivity contribution in [2.75, 3.05) is 0 Å². The predicted octanol–water partition coefficient (Wildman–Crippen LogP) is 14.4. The lowest BCUT2D eigenvalue weighted by Gasteiger charge is -2.18. The van der Waals surface area contributed by atoms with Crippen LogP contribution < -0.4 is 0 Å². The normalized spacial score (nSPS) is 12.0. The first-order chi connectivity index (χ1) is 24.8. The van der Waals surface area contributed by atoms with E-state index in [9.17, 15) is 0 Å². The molecule has 0 saturated carbocycles. The van der Waals surface area contributed by atoms with E-state index in [1.807, 2.05) is 11.3 Å². The van der Waals surface area contributed by atoms with Gasteiger partial charge in [-0.05, 0) is 108 Å². The molecule has 0 N–H and O–H groups in total. The fourth-order valence-electron chi connectivity index (χ4n) is 8.17. The van der Waals surface area contributed by atoms with Gasteiger partial charge in [-0.15, -0.1) is 11.3 Å². The highest BCUT2D eigenvalue weighted by atomic mass is 32.1. The van der Waals surface area contributed by atoms with Gasteiger partial charge in [-0.2, -0.15) is 0 Å². The first-order valence-electron chi connectivity index (χ1n) is 17.1. The zero-order chi connectivity index (χ0) is 32.8. The topological polar surface area (TPSA) is 13.1 Å². The van der Waals surface area contributed by atoms with Crippen LogP contribution in [-0.4, -0.2) is 0 Å². The van der Waals surface area contributed by atoms with E-state index < -0.39 is 0 Å². The monoisotopic (exact) mass is 652 g/mol. The van der Waals surface area contributed by atoms with Crippen LogP contribution in [0, 0.1) is 0 Å². The summed E-state index contributed by atoms with van der Waals surface area (Å²) in [5.74, 6) is 0. The summed E-state index contributed by atoms with van der Waals surface area (Å²) >= 11 is 1.87. The molecule has 0 radical (unpaired) electrons. The van der Waals surface area contributed by atoms with E-state index in [1.54, 1.807) is 0 Å². The van der Waals surface area contributed by atoms with Crippen molar-refractivity contribution in [3.05, 3.63) is 170 Å². The van der Waals surface area contributed by atoms with Gasteiger partial charge in [0.15, 0.2) is 0 Å². The number of hydrogen-bond acceptors (Lipinski definition) is 2. The Bertz CT molecular complexity index is 3090. The molecule has 0 aliphatic heterocycles. The van der Waals surface area contributed by atoms with Crippen molar-refractivity contribution < 1.29 is 4.42 Å². The second-order valence-corrected chi connectivity index (χ2v) is 14.3. The molecule has 0 amide bonds. The lowest BCUT2D eigenvalue weighted by molar-refractivity contribution is 0.669. The van der Waals surface area contributed by atoms with Crippen LogP contribution in [0.1, 0.15) is 0 Å². The fraction of sp³-hybridized carbons (Fsp3) is 0. The molecule has 11 rings (SSSR count). The molecule has 1 nitrogen and oxygen atoms in total. The van der Waals surface area contributed by atoms with Gasteiger partial charge in [-0.1, -0.05) is 127 Å². The molecule has 0 aliphatic rings. The van der Waals surface area contributed by atoms with E-state index in [4.69, 9.17) is 4.42 Å². The van der Waals surface area contributed by atoms with Crippen LogP contribution in [0.15, 0.2) is 174 Å². The van der Waals surface area contributed by atoms with Crippen molar-refractivity contribution >= 4 is 85.8 Å². The lowest BCUT2D eigenvalue weighted by Crippen LogP contribution is -1.91. The Morgan fingerprint density at radius 1 is 0.340 bits per heavy atom. The zero-order valence-electron chi connectivity index (χ0n) is 27.0. The van der Waals surface area contributed by atoms with Crippen molar-refractivity contribution in [1.82, 2.24) is 0 Å². The molecule has 0 fully saturated rings. The van der Waals surface area contributed by atoms with Crippen LogP contribution >= 0.6 is 11.3 Å². The third kappa shape index (κ3) is 4.06. The number of benzene rings is 9. The van der Waals surface area contributed by atoms with Crippen molar-refractivity contribution in [1.29, 1.82) is 0 Å². The Morgan fingerprint density at radius 3 is 1.66 bits per heavy atom. The maximum Gasteiger partial charge on any atom is 0.136 e. The van der Waals surface area contributed by atoms with Gasteiger partial charge in [-0.25, -0.2) is 0 Å². The Hall–Kier alpha value is -6.22. The maximum atomic E-state index is 6.47. The third-order valence-corrected chi connectivity index (χ3v) is 11.6. The van der Waals surface area contributed by atoms with E-state index in [1.165, 1.54) is 91.3 Å². The highest BCUT2D eigenvalue weighted by molar-refractivity contribution is 7.26. The first-order valence-corrected chi connectivity index (χ1v) is 17.9. The molecule has 0 bridgehead atoms. The standard InChI is InChI=1S/C48H28OS/c1-2-11-29(12-3-1)45-35-17-6-8-19-37(35)46(38-20-9-7-18-36(38)45)34-16-10-15-30(25-34)33-21-23-42-41(27-33)47-43(49-42)24-22-39-40-26-31-13-4-5-14-32(31)28-44(40)50-48(39)47/h1-28H. The molecule has 0 spiro atoms. The summed E-state index contributed by atoms with van der Waals surface area (Å²) in [6.45, 7) is 0. The Morgan fingerprint density at radius 2 is 0.920 bits per heavy atom. The van der Waals surface area contributed by atoms with Crippen LogP contribution in [0.25, 0.3) is 108 Å². The highest BCUT2D eigenvalue weighted by Gasteiger charge is 2.18. The summed E-state index contributed by atoms with van der Waals surface area (Å²) in [4.78, 5) is 0. The van der Waals surface area contributed by atoms with Gasteiger partial charge in [0.25, 0.3) is 0 Å². The Labute approximate surface area is 292 Å². The SMILES string of the molecule is c1ccc(-c2c3ccccc3c(-c3cccc(-c4ccc5oc6ccc7c8cc9ccccc9cc8sc7c6c5c4)c3)c3ccccc23)cc1. The number of furan rings is 1. The number of fused-ring (bicyclic) bond motifs is 10. The van der Waals surface area contributed by atoms with Crippen molar-refractivity contribution in [3.8, 4) is 33.4 Å². The van der Waals surface area contributed by atoms with Gasteiger partial charge in [0.1, 0.15) is 11.2 Å². The molecule has 0 saturated heterocycles. The van der Waals surface area contributed by atoms with Crippen molar-refractivity contribution in [2.24, 2.45) is 0 Å². The van der Waals surface area contributed by atoms with Crippen LogP contribution in [0.5, 0.6) is 0 Å². The molecule has 11 aromatic rings. The van der Waals surface area contributed by atoms with Gasteiger partial charge in [0, 0.05) is 30.9 Å². The largest absolute Gasteiger partial charge is 0.456 e. The van der Waals surface area contributed by atoms with Gasteiger partial charge >= 0.3 is 0 Å².